The van der Waals surface area contributed by atoms with E-state index in [0.717, 1.165) is 11.1 Å². The second kappa shape index (κ2) is 11.4. The first-order valence-electron chi connectivity index (χ1n) is 11.6. The molecule has 1 aromatic carbocycles. The molecule has 40 heavy (non-hydrogen) atoms. The monoisotopic (exact) mass is 565 g/mol. The van der Waals surface area contributed by atoms with Crippen LogP contribution in [0.4, 0.5) is 14.9 Å². The van der Waals surface area contributed by atoms with Crippen molar-refractivity contribution in [1.29, 1.82) is 0 Å². The lowest BCUT2D eigenvalue weighted by molar-refractivity contribution is 0.0586. The first-order valence-corrected chi connectivity index (χ1v) is 12.4. The second-order valence-corrected chi connectivity index (χ2v) is 9.09. The van der Waals surface area contributed by atoms with Crippen molar-refractivity contribution in [3.63, 3.8) is 0 Å². The maximum atomic E-state index is 14.7. The van der Waals surface area contributed by atoms with E-state index in [1.165, 1.54) is 50.2 Å². The lowest BCUT2D eigenvalue weighted by Crippen LogP contribution is -2.18. The van der Waals surface area contributed by atoms with Crippen LogP contribution in [0.1, 0.15) is 16.2 Å². The van der Waals surface area contributed by atoms with Crippen molar-refractivity contribution >= 4 is 50.5 Å². The van der Waals surface area contributed by atoms with E-state index in [1.54, 1.807) is 0 Å². The number of nitrogens with zero attached hydrogens (tertiary/aromatic N) is 6. The number of anilines is 1. The average molecular weight is 566 g/mol. The normalized spacial score (nSPS) is 10.9. The van der Waals surface area contributed by atoms with E-state index in [1.807, 2.05) is 19.1 Å². The van der Waals surface area contributed by atoms with E-state index < -0.39 is 17.9 Å². The van der Waals surface area contributed by atoms with Crippen LogP contribution in [0.2, 0.25) is 0 Å². The molecule has 0 spiro atoms. The van der Waals surface area contributed by atoms with E-state index in [2.05, 4.69) is 40.0 Å². The largest absolute Gasteiger partial charge is 0.480 e. The van der Waals surface area contributed by atoms with E-state index in [0.29, 0.717) is 32.3 Å². The van der Waals surface area contributed by atoms with Crippen molar-refractivity contribution in [2.45, 2.75) is 6.92 Å². The number of aromatic nitrogens is 6. The third-order valence-electron chi connectivity index (χ3n) is 5.34. The molecule has 15 heteroatoms. The van der Waals surface area contributed by atoms with Gasteiger partial charge in [0.1, 0.15) is 28.6 Å². The minimum Gasteiger partial charge on any atom is -0.480 e. The smallest absolute Gasteiger partial charge is 0.411 e. The molecule has 5 aromatic rings. The summed E-state index contributed by atoms with van der Waals surface area (Å²) < 4.78 is 34.8. The van der Waals surface area contributed by atoms with Gasteiger partial charge in [0, 0.05) is 11.6 Å². The topological polar surface area (TPSA) is 160 Å². The van der Waals surface area contributed by atoms with Gasteiger partial charge in [-0.25, -0.2) is 38.9 Å². The number of benzene rings is 1. The zero-order valence-corrected chi connectivity index (χ0v) is 22.1. The number of hydrogen-bond acceptors (Lipinski definition) is 13. The van der Waals surface area contributed by atoms with Gasteiger partial charge in [0.15, 0.2) is 5.82 Å². The average Bonchev–Trinajstić information content (AvgIpc) is 3.36. The van der Waals surface area contributed by atoms with Gasteiger partial charge in [-0.3, -0.25) is 5.32 Å². The Bertz CT molecular complexity index is 1730. The maximum Gasteiger partial charge on any atom is 0.411 e. The van der Waals surface area contributed by atoms with Crippen molar-refractivity contribution in [3.05, 3.63) is 54.0 Å². The summed E-state index contributed by atoms with van der Waals surface area (Å²) in [6, 6.07) is 5.05. The molecule has 1 N–H and O–H groups in total. The minimum absolute atomic E-state index is 0.157. The van der Waals surface area contributed by atoms with Crippen LogP contribution in [0, 0.1) is 12.7 Å². The van der Waals surface area contributed by atoms with Crippen molar-refractivity contribution in [1.82, 2.24) is 29.9 Å². The van der Waals surface area contributed by atoms with E-state index in [-0.39, 0.29) is 30.6 Å². The van der Waals surface area contributed by atoms with Gasteiger partial charge in [-0.05, 0) is 24.6 Å². The Morgan fingerprint density at radius 3 is 2.52 bits per heavy atom. The highest BCUT2D eigenvalue weighted by atomic mass is 32.1. The number of nitrogens with one attached hydrogen (secondary N) is 1. The molecule has 204 valence electrons. The molecule has 0 atom stereocenters. The number of rotatable bonds is 8. The van der Waals surface area contributed by atoms with Crippen molar-refractivity contribution in [3.8, 4) is 22.3 Å². The van der Waals surface area contributed by atoms with Crippen LogP contribution in [0.3, 0.4) is 0 Å². The zero-order chi connectivity index (χ0) is 28.2. The number of halogens is 1. The molecule has 1 amide bonds. The molecule has 0 aliphatic rings. The van der Waals surface area contributed by atoms with Crippen LogP contribution in [0.25, 0.3) is 32.0 Å². The van der Waals surface area contributed by atoms with Gasteiger partial charge >= 0.3 is 12.1 Å². The summed E-state index contributed by atoms with van der Waals surface area (Å²) in [6.07, 6.45) is 3.14. The highest BCUT2D eigenvalue weighted by Gasteiger charge is 2.17. The number of fused-ring (bicyclic) bond motifs is 2. The molecular weight excluding hydrogens is 545 g/mol. The molecule has 4 heterocycles. The minimum atomic E-state index is -0.819. The van der Waals surface area contributed by atoms with Gasteiger partial charge in [0.2, 0.25) is 11.7 Å². The molecule has 0 unspecified atom stereocenters. The number of carbonyl (C=O) groups excluding carboxylic acids is 2. The quantitative estimate of drug-likeness (QED) is 0.213. The van der Waals surface area contributed by atoms with Crippen molar-refractivity contribution < 1.29 is 32.9 Å². The molecule has 0 aliphatic carbocycles. The number of methoxy groups -OCH3 is 2. The first-order chi connectivity index (χ1) is 19.3. The maximum absolute atomic E-state index is 14.7. The summed E-state index contributed by atoms with van der Waals surface area (Å²) in [5, 5.41) is 2.99. The van der Waals surface area contributed by atoms with E-state index in [9.17, 15) is 14.0 Å². The number of esters is 1. The van der Waals surface area contributed by atoms with E-state index in [4.69, 9.17) is 14.2 Å². The number of carbonyl (C=O) groups is 2. The Hall–Kier alpha value is -5.05. The fraction of sp³-hybridized carbons (Fsp3) is 0.200. The Balaban J connectivity index is 1.24. The second-order valence-electron chi connectivity index (χ2n) is 8.11. The molecule has 5 rings (SSSR count). The lowest BCUT2D eigenvalue weighted by atomic mass is 10.1. The SMILES string of the molecule is COC(=O)c1ncc(NC(=O)OCCOc2nc3sc(-c4cc(C)cc5nc(OC)cnc45)nc3cc2F)cn1. The first kappa shape index (κ1) is 26.6. The Labute approximate surface area is 229 Å². The molecule has 0 saturated carbocycles. The summed E-state index contributed by atoms with van der Waals surface area (Å²) in [6.45, 7) is 1.57. The molecule has 0 aliphatic heterocycles. The summed E-state index contributed by atoms with van der Waals surface area (Å²) in [7, 11) is 2.72. The van der Waals surface area contributed by atoms with Gasteiger partial charge in [0.25, 0.3) is 5.88 Å². The highest BCUT2D eigenvalue weighted by molar-refractivity contribution is 7.21. The number of ether oxygens (including phenoxy) is 4. The molecule has 0 fully saturated rings. The van der Waals surface area contributed by atoms with Gasteiger partial charge in [-0.1, -0.05) is 11.3 Å². The molecule has 0 bridgehead atoms. The molecule has 4 aromatic heterocycles. The predicted octanol–water partition coefficient (Wildman–Crippen LogP) is 3.96. The molecule has 0 radical (unpaired) electrons. The number of thiazole rings is 1. The van der Waals surface area contributed by atoms with Crippen LogP contribution in [0.5, 0.6) is 11.8 Å². The van der Waals surface area contributed by atoms with E-state index >= 15 is 0 Å². The van der Waals surface area contributed by atoms with Gasteiger partial charge in [-0.15, -0.1) is 0 Å². The Morgan fingerprint density at radius 1 is 0.975 bits per heavy atom. The summed E-state index contributed by atoms with van der Waals surface area (Å²) in [5.41, 5.74) is 3.51. The fourth-order valence-electron chi connectivity index (χ4n) is 3.57. The van der Waals surface area contributed by atoms with Crippen molar-refractivity contribution in [2.75, 3.05) is 32.8 Å². The molecule has 0 saturated heterocycles. The van der Waals surface area contributed by atoms with Crippen molar-refractivity contribution in [2.24, 2.45) is 0 Å². The Kier molecular flexibility index (Phi) is 7.54. The summed E-state index contributed by atoms with van der Waals surface area (Å²) in [4.78, 5) is 49.1. The number of amides is 1. The number of pyridine rings is 1. The fourth-order valence-corrected chi connectivity index (χ4v) is 4.50. The van der Waals surface area contributed by atoms with Crippen LogP contribution >= 0.6 is 11.3 Å². The number of hydrogen-bond donors (Lipinski definition) is 1. The van der Waals surface area contributed by atoms with Gasteiger partial charge < -0.3 is 18.9 Å². The third-order valence-corrected chi connectivity index (χ3v) is 6.33. The molecular formula is C25H20FN7O6S. The third kappa shape index (κ3) is 5.68. The lowest BCUT2D eigenvalue weighted by Gasteiger charge is -2.08. The number of aryl methyl sites for hydroxylation is 1. The Morgan fingerprint density at radius 2 is 1.77 bits per heavy atom. The van der Waals surface area contributed by atoms with Crippen LogP contribution in [-0.2, 0) is 9.47 Å². The van der Waals surface area contributed by atoms with Gasteiger partial charge in [0.05, 0.1) is 49.5 Å². The van der Waals surface area contributed by atoms with Crippen LogP contribution in [-0.4, -0.2) is 69.4 Å². The standard InChI is InChI=1S/C25H20FN7O6S/c1-12-6-14(19-16(7-12)31-18(36-2)11-27-19)22-32-17-8-15(26)21(33-23(17)40-22)38-4-5-39-25(35)30-13-9-28-20(29-10-13)24(34)37-3/h6-11H,4-5H2,1-3H3,(H,30,35). The summed E-state index contributed by atoms with van der Waals surface area (Å²) >= 11 is 1.25. The zero-order valence-electron chi connectivity index (χ0n) is 21.3. The predicted molar refractivity (Wildman–Crippen MR) is 141 cm³/mol. The van der Waals surface area contributed by atoms with Crippen LogP contribution < -0.4 is 14.8 Å². The molecule has 13 nitrogen and oxygen atoms in total. The highest BCUT2D eigenvalue weighted by Crippen LogP contribution is 2.35. The van der Waals surface area contributed by atoms with Crippen LogP contribution in [0.15, 0.2) is 36.8 Å². The summed E-state index contributed by atoms with van der Waals surface area (Å²) in [5.74, 6) is -1.44. The van der Waals surface area contributed by atoms with Gasteiger partial charge in [-0.2, -0.15) is 4.98 Å².